The highest BCUT2D eigenvalue weighted by atomic mass is 79.9. The smallest absolute Gasteiger partial charge is 0.322 e. The molecule has 2 fully saturated rings. The Bertz CT molecular complexity index is 1070. The van der Waals surface area contributed by atoms with Gasteiger partial charge in [0.2, 0.25) is 11.8 Å². The van der Waals surface area contributed by atoms with Crippen LogP contribution in [0.3, 0.4) is 0 Å². The quantitative estimate of drug-likeness (QED) is 0.596. The maximum absolute atomic E-state index is 12.8. The number of carbonyl (C=O) groups is 4. The number of rotatable bonds is 4. The maximum Gasteiger partial charge on any atom is 0.322 e. The minimum absolute atomic E-state index is 0.111. The van der Waals surface area contributed by atoms with Gasteiger partial charge in [0.1, 0.15) is 5.54 Å². The second-order valence-corrected chi connectivity index (χ2v) is 8.40. The van der Waals surface area contributed by atoms with Gasteiger partial charge >= 0.3 is 6.03 Å². The number of imide groups is 1. The number of halogens is 1. The van der Waals surface area contributed by atoms with E-state index >= 15 is 0 Å². The zero-order valence-electron chi connectivity index (χ0n) is 16.1. The van der Waals surface area contributed by atoms with Gasteiger partial charge < -0.3 is 15.5 Å². The van der Waals surface area contributed by atoms with Crippen LogP contribution in [0.4, 0.5) is 16.2 Å². The predicted octanol–water partition coefficient (Wildman–Crippen LogP) is 2.50. The fraction of sp³-hybridized carbons (Fsp3) is 0.238. The Morgan fingerprint density at radius 2 is 1.93 bits per heavy atom. The van der Waals surface area contributed by atoms with E-state index in [1.165, 1.54) is 0 Å². The van der Waals surface area contributed by atoms with Gasteiger partial charge in [-0.05, 0) is 42.8 Å². The summed E-state index contributed by atoms with van der Waals surface area (Å²) in [7, 11) is 0. The van der Waals surface area contributed by atoms with Crippen LogP contribution >= 0.6 is 15.9 Å². The van der Waals surface area contributed by atoms with E-state index in [2.05, 4.69) is 31.9 Å². The zero-order chi connectivity index (χ0) is 21.5. The molecule has 8 nitrogen and oxygen atoms in total. The molecule has 0 aromatic heterocycles. The average molecular weight is 471 g/mol. The molecule has 2 heterocycles. The van der Waals surface area contributed by atoms with Gasteiger partial charge in [0.05, 0.1) is 5.92 Å². The van der Waals surface area contributed by atoms with Gasteiger partial charge in [-0.3, -0.25) is 19.7 Å². The topological polar surface area (TPSA) is 108 Å². The molecule has 0 bridgehead atoms. The number of hydrogen-bond acceptors (Lipinski definition) is 4. The van der Waals surface area contributed by atoms with Crippen molar-refractivity contribution in [3.05, 3.63) is 58.6 Å². The second-order valence-electron chi connectivity index (χ2n) is 7.49. The molecule has 2 saturated heterocycles. The summed E-state index contributed by atoms with van der Waals surface area (Å²) in [5.74, 6) is -1.34. The van der Waals surface area contributed by atoms with Crippen molar-refractivity contribution in [2.45, 2.75) is 18.9 Å². The summed E-state index contributed by atoms with van der Waals surface area (Å²) < 4.78 is 0.856. The van der Waals surface area contributed by atoms with Gasteiger partial charge in [0.25, 0.3) is 5.91 Å². The molecule has 2 aliphatic heterocycles. The Balaban J connectivity index is 1.48. The molecule has 2 aromatic rings. The van der Waals surface area contributed by atoms with Crippen LogP contribution in [0.1, 0.15) is 18.9 Å². The number of nitrogens with zero attached hydrogens (tertiary/aromatic N) is 1. The largest absolute Gasteiger partial charge is 0.326 e. The summed E-state index contributed by atoms with van der Waals surface area (Å²) in [5.41, 5.74) is 0.559. The molecule has 0 radical (unpaired) electrons. The van der Waals surface area contributed by atoms with Crippen LogP contribution in [0.2, 0.25) is 0 Å². The Morgan fingerprint density at radius 1 is 1.17 bits per heavy atom. The van der Waals surface area contributed by atoms with Crippen LogP contribution in [0.5, 0.6) is 0 Å². The van der Waals surface area contributed by atoms with Crippen molar-refractivity contribution >= 4 is 51.1 Å². The average Bonchev–Trinajstić information content (AvgIpc) is 3.21. The van der Waals surface area contributed by atoms with Crippen LogP contribution in [0.15, 0.2) is 53.0 Å². The third-order valence-electron chi connectivity index (χ3n) is 5.37. The molecule has 0 saturated carbocycles. The molecule has 2 atom stereocenters. The van der Waals surface area contributed by atoms with Gasteiger partial charge in [-0.2, -0.15) is 0 Å². The van der Waals surface area contributed by atoms with Crippen molar-refractivity contribution in [2.75, 3.05) is 16.8 Å². The number of carbonyl (C=O) groups excluding carboxylic acids is 4. The van der Waals surface area contributed by atoms with Crippen LogP contribution < -0.4 is 20.9 Å². The first kappa shape index (κ1) is 20.1. The third kappa shape index (κ3) is 3.68. The first-order chi connectivity index (χ1) is 14.3. The van der Waals surface area contributed by atoms with Crippen LogP contribution in [0, 0.1) is 5.92 Å². The molecule has 0 spiro atoms. The molecule has 3 N–H and O–H groups in total. The van der Waals surface area contributed by atoms with E-state index in [0.29, 0.717) is 11.3 Å². The maximum atomic E-state index is 12.8. The Labute approximate surface area is 181 Å². The summed E-state index contributed by atoms with van der Waals surface area (Å²) in [6, 6.07) is 13.6. The summed E-state index contributed by atoms with van der Waals surface area (Å²) in [4.78, 5) is 50.5. The molecule has 30 heavy (non-hydrogen) atoms. The Kier molecular flexibility index (Phi) is 5.07. The van der Waals surface area contributed by atoms with Crippen molar-refractivity contribution in [3.63, 3.8) is 0 Å². The number of benzene rings is 2. The minimum Gasteiger partial charge on any atom is -0.326 e. The highest BCUT2D eigenvalue weighted by Crippen LogP contribution is 2.29. The second kappa shape index (κ2) is 7.56. The molecule has 0 aliphatic carbocycles. The van der Waals surface area contributed by atoms with Crippen LogP contribution in [0.25, 0.3) is 0 Å². The van der Waals surface area contributed by atoms with E-state index in [1.54, 1.807) is 36.1 Å². The first-order valence-electron chi connectivity index (χ1n) is 9.37. The fourth-order valence-corrected chi connectivity index (χ4v) is 4.06. The summed E-state index contributed by atoms with van der Waals surface area (Å²) in [5, 5.41) is 7.64. The molecule has 154 valence electrons. The molecular formula is C21H19BrN4O4. The third-order valence-corrected chi connectivity index (χ3v) is 5.86. The molecule has 2 aliphatic rings. The van der Waals surface area contributed by atoms with Crippen molar-refractivity contribution in [3.8, 4) is 0 Å². The summed E-state index contributed by atoms with van der Waals surface area (Å²) in [6.07, 6.45) is 0.119. The SMILES string of the molecule is CC1(c2cccc(NC(=O)C3CC(=O)N(c4cccc(Br)c4)C3)c2)NC(=O)NC1=O. The molecule has 9 heteroatoms. The van der Waals surface area contributed by atoms with E-state index in [1.807, 2.05) is 24.3 Å². The lowest BCUT2D eigenvalue weighted by Crippen LogP contribution is -2.40. The number of anilines is 2. The number of urea groups is 1. The molecule has 2 aromatic carbocycles. The van der Waals surface area contributed by atoms with Crippen molar-refractivity contribution in [2.24, 2.45) is 5.92 Å². The lowest BCUT2D eigenvalue weighted by atomic mass is 9.92. The van der Waals surface area contributed by atoms with Crippen molar-refractivity contribution in [1.29, 1.82) is 0 Å². The molecule has 2 unspecified atom stereocenters. The van der Waals surface area contributed by atoms with E-state index in [-0.39, 0.29) is 24.8 Å². The lowest BCUT2D eigenvalue weighted by Gasteiger charge is -2.22. The van der Waals surface area contributed by atoms with Crippen LogP contribution in [-0.2, 0) is 19.9 Å². The Hall–Kier alpha value is -3.20. The summed E-state index contributed by atoms with van der Waals surface area (Å²) >= 11 is 3.39. The summed E-state index contributed by atoms with van der Waals surface area (Å²) in [6.45, 7) is 1.89. The standard InChI is InChI=1S/C21H19BrN4O4/c1-21(19(29)24-20(30)25-21)13-4-2-6-15(9-13)23-18(28)12-8-17(27)26(11-12)16-7-3-5-14(22)10-16/h2-7,9-10,12H,8,11H2,1H3,(H,23,28)(H2,24,25,29,30). The van der Waals surface area contributed by atoms with Crippen LogP contribution in [-0.4, -0.2) is 30.3 Å². The normalized spacial score (nSPS) is 23.3. The van der Waals surface area contributed by atoms with Gasteiger partial charge in [-0.25, -0.2) is 4.79 Å². The molecular weight excluding hydrogens is 452 g/mol. The fourth-order valence-electron chi connectivity index (χ4n) is 3.68. The minimum atomic E-state index is -1.21. The number of hydrogen-bond donors (Lipinski definition) is 3. The molecule has 5 amide bonds. The van der Waals surface area contributed by atoms with E-state index < -0.39 is 23.4 Å². The van der Waals surface area contributed by atoms with Gasteiger partial charge in [-0.15, -0.1) is 0 Å². The van der Waals surface area contributed by atoms with Gasteiger partial charge in [0, 0.05) is 28.8 Å². The monoisotopic (exact) mass is 470 g/mol. The van der Waals surface area contributed by atoms with Crippen molar-refractivity contribution in [1.82, 2.24) is 10.6 Å². The Morgan fingerprint density at radius 3 is 2.63 bits per heavy atom. The highest BCUT2D eigenvalue weighted by Gasteiger charge is 2.43. The number of nitrogens with one attached hydrogen (secondary N) is 3. The first-order valence-corrected chi connectivity index (χ1v) is 10.2. The van der Waals surface area contributed by atoms with Gasteiger partial charge in [0.15, 0.2) is 0 Å². The van der Waals surface area contributed by atoms with Gasteiger partial charge in [-0.1, -0.05) is 34.1 Å². The lowest BCUT2D eigenvalue weighted by molar-refractivity contribution is -0.123. The van der Waals surface area contributed by atoms with E-state index in [9.17, 15) is 19.2 Å². The highest BCUT2D eigenvalue weighted by molar-refractivity contribution is 9.10. The van der Waals surface area contributed by atoms with Crippen molar-refractivity contribution < 1.29 is 19.2 Å². The zero-order valence-corrected chi connectivity index (χ0v) is 17.7. The van der Waals surface area contributed by atoms with E-state index in [0.717, 1.165) is 10.2 Å². The van der Waals surface area contributed by atoms with E-state index in [4.69, 9.17) is 0 Å². The molecule has 4 rings (SSSR count). The predicted molar refractivity (Wildman–Crippen MR) is 114 cm³/mol. The number of amides is 5.